The van der Waals surface area contributed by atoms with E-state index >= 15 is 0 Å². The van der Waals surface area contributed by atoms with Gasteiger partial charge in [-0.05, 0) is 53.4 Å². The molecule has 1 aliphatic rings. The lowest BCUT2D eigenvalue weighted by Gasteiger charge is -2.31. The zero-order valence-corrected chi connectivity index (χ0v) is 22.0. The Morgan fingerprint density at radius 3 is 2.23 bits per heavy atom. The number of alkyl halides is 3. The summed E-state index contributed by atoms with van der Waals surface area (Å²) in [4.78, 5) is 33.1. The third-order valence-electron chi connectivity index (χ3n) is 6.43. The van der Waals surface area contributed by atoms with Crippen molar-refractivity contribution >= 4 is 23.2 Å². The number of morpholine rings is 1. The van der Waals surface area contributed by atoms with Gasteiger partial charge in [0.15, 0.2) is 0 Å². The van der Waals surface area contributed by atoms with Gasteiger partial charge in [-0.3, -0.25) is 14.5 Å². The van der Waals surface area contributed by atoms with E-state index in [0.717, 1.165) is 34.7 Å². The van der Waals surface area contributed by atoms with Gasteiger partial charge < -0.3 is 14.5 Å². The van der Waals surface area contributed by atoms with Crippen molar-refractivity contribution in [2.45, 2.75) is 19.3 Å². The quantitative estimate of drug-likeness (QED) is 0.329. The highest BCUT2D eigenvalue weighted by atomic mass is 32.1. The summed E-state index contributed by atoms with van der Waals surface area (Å²) < 4.78 is 57.9. The predicted molar refractivity (Wildman–Crippen MR) is 140 cm³/mol. The molecule has 2 aromatic carbocycles. The maximum Gasteiger partial charge on any atom is 0.416 e. The highest BCUT2D eigenvalue weighted by Crippen LogP contribution is 2.29. The number of thiophene rings is 1. The first-order chi connectivity index (χ1) is 18.7. The Balaban J connectivity index is 1.53. The molecule has 2 amide bonds. The molecular weight excluding hydrogens is 534 g/mol. The SMILES string of the molecule is O=C(CN(CCN1CCOCC1)C(=O)c1ccc(C(F)(F)F)cc1)N(Cc1ccc(F)cc1)Cc1cccs1. The normalized spacial score (nSPS) is 14.3. The second-order valence-electron chi connectivity index (χ2n) is 9.21. The standard InChI is InChI=1S/C28H29F4N3O3S/c29-24-9-3-21(4-10-24)18-35(19-25-2-1-17-39-25)26(36)20-34(12-11-33-13-15-38-16-14-33)27(37)22-5-7-23(8-6-22)28(30,31)32/h1-10,17H,11-16,18-20H2. The van der Waals surface area contributed by atoms with Crippen LogP contribution >= 0.6 is 11.3 Å². The number of ether oxygens (including phenoxy) is 1. The molecule has 208 valence electrons. The van der Waals surface area contributed by atoms with Crippen molar-refractivity contribution in [2.75, 3.05) is 45.9 Å². The average molecular weight is 564 g/mol. The summed E-state index contributed by atoms with van der Waals surface area (Å²) in [6.07, 6.45) is -4.52. The number of benzene rings is 2. The van der Waals surface area contributed by atoms with Crippen molar-refractivity contribution in [3.63, 3.8) is 0 Å². The van der Waals surface area contributed by atoms with E-state index in [1.807, 2.05) is 17.5 Å². The molecule has 6 nitrogen and oxygen atoms in total. The van der Waals surface area contributed by atoms with Gasteiger partial charge in [0.2, 0.25) is 5.91 Å². The van der Waals surface area contributed by atoms with Gasteiger partial charge in [-0.25, -0.2) is 4.39 Å². The molecular formula is C28H29F4N3O3S. The van der Waals surface area contributed by atoms with E-state index in [2.05, 4.69) is 4.90 Å². The van der Waals surface area contributed by atoms with Crippen LogP contribution in [0.4, 0.5) is 17.6 Å². The van der Waals surface area contributed by atoms with Crippen molar-refractivity contribution in [2.24, 2.45) is 0 Å². The Morgan fingerprint density at radius 2 is 1.62 bits per heavy atom. The lowest BCUT2D eigenvalue weighted by atomic mass is 10.1. The van der Waals surface area contributed by atoms with Crippen molar-refractivity contribution in [1.82, 2.24) is 14.7 Å². The third-order valence-corrected chi connectivity index (χ3v) is 7.29. The molecule has 2 heterocycles. The molecule has 3 aromatic rings. The Morgan fingerprint density at radius 1 is 0.923 bits per heavy atom. The zero-order valence-electron chi connectivity index (χ0n) is 21.2. The van der Waals surface area contributed by atoms with Crippen LogP contribution in [0.25, 0.3) is 0 Å². The van der Waals surface area contributed by atoms with E-state index in [1.165, 1.54) is 28.4 Å². The van der Waals surface area contributed by atoms with Crippen LogP contribution in [0.2, 0.25) is 0 Å². The number of halogens is 4. The summed E-state index contributed by atoms with van der Waals surface area (Å²) in [5, 5.41) is 1.90. The van der Waals surface area contributed by atoms with Crippen LogP contribution in [0.3, 0.4) is 0 Å². The fourth-order valence-electron chi connectivity index (χ4n) is 4.22. The van der Waals surface area contributed by atoms with Gasteiger partial charge in [0.25, 0.3) is 5.91 Å². The highest BCUT2D eigenvalue weighted by Gasteiger charge is 2.31. The number of hydrogen-bond donors (Lipinski definition) is 0. The number of carbonyl (C=O) groups excluding carboxylic acids is 2. The molecule has 0 aliphatic carbocycles. The van der Waals surface area contributed by atoms with E-state index in [9.17, 15) is 27.2 Å². The molecule has 0 saturated carbocycles. The molecule has 0 atom stereocenters. The summed E-state index contributed by atoms with van der Waals surface area (Å²) in [5.74, 6) is -1.23. The topological polar surface area (TPSA) is 53.1 Å². The summed E-state index contributed by atoms with van der Waals surface area (Å²) in [5.41, 5.74) is -0.0484. The third kappa shape index (κ3) is 8.35. The molecule has 0 spiro atoms. The van der Waals surface area contributed by atoms with Gasteiger partial charge in [0, 0.05) is 43.2 Å². The monoisotopic (exact) mass is 563 g/mol. The van der Waals surface area contributed by atoms with E-state index in [1.54, 1.807) is 17.0 Å². The fraction of sp³-hybridized carbons (Fsp3) is 0.357. The molecule has 1 fully saturated rings. The van der Waals surface area contributed by atoms with Crippen molar-refractivity contribution < 1.29 is 31.9 Å². The first kappa shape index (κ1) is 28.7. The van der Waals surface area contributed by atoms with Gasteiger partial charge in [0.1, 0.15) is 12.4 Å². The Bertz CT molecular complexity index is 1210. The van der Waals surface area contributed by atoms with E-state index in [0.29, 0.717) is 39.4 Å². The van der Waals surface area contributed by atoms with E-state index < -0.39 is 17.6 Å². The molecule has 0 unspecified atom stereocenters. The Labute approximate surface area is 228 Å². The second kappa shape index (κ2) is 13.2. The van der Waals surface area contributed by atoms with Crippen LogP contribution < -0.4 is 0 Å². The fourth-order valence-corrected chi connectivity index (χ4v) is 4.94. The van der Waals surface area contributed by atoms with Crippen molar-refractivity contribution in [3.8, 4) is 0 Å². The maximum atomic E-state index is 13.6. The molecule has 4 rings (SSSR count). The Hall–Kier alpha value is -3.28. The van der Waals surface area contributed by atoms with Crippen LogP contribution in [0.1, 0.15) is 26.4 Å². The average Bonchev–Trinajstić information content (AvgIpc) is 3.45. The van der Waals surface area contributed by atoms with Crippen molar-refractivity contribution in [1.29, 1.82) is 0 Å². The molecule has 1 aromatic heterocycles. The van der Waals surface area contributed by atoms with Crippen LogP contribution in [-0.4, -0.2) is 72.5 Å². The zero-order chi connectivity index (χ0) is 27.8. The minimum absolute atomic E-state index is 0.0705. The Kier molecular flexibility index (Phi) is 9.71. The number of hydrogen-bond acceptors (Lipinski definition) is 5. The van der Waals surface area contributed by atoms with Gasteiger partial charge in [-0.2, -0.15) is 13.2 Å². The lowest BCUT2D eigenvalue weighted by Crippen LogP contribution is -2.47. The molecule has 0 bridgehead atoms. The maximum absolute atomic E-state index is 13.6. The molecule has 39 heavy (non-hydrogen) atoms. The second-order valence-corrected chi connectivity index (χ2v) is 10.2. The van der Waals surface area contributed by atoms with Gasteiger partial charge >= 0.3 is 6.18 Å². The summed E-state index contributed by atoms with van der Waals surface area (Å²) >= 11 is 1.49. The smallest absolute Gasteiger partial charge is 0.379 e. The first-order valence-corrected chi connectivity index (χ1v) is 13.4. The molecule has 11 heteroatoms. The van der Waals surface area contributed by atoms with E-state index in [4.69, 9.17) is 4.74 Å². The molecule has 0 N–H and O–H groups in total. The summed E-state index contributed by atoms with van der Waals surface area (Å²) in [6.45, 7) is 3.48. The minimum Gasteiger partial charge on any atom is -0.379 e. The van der Waals surface area contributed by atoms with E-state index in [-0.39, 0.29) is 36.9 Å². The first-order valence-electron chi connectivity index (χ1n) is 12.5. The van der Waals surface area contributed by atoms with Crippen molar-refractivity contribution in [3.05, 3.63) is 93.4 Å². The molecule has 1 aliphatic heterocycles. The highest BCUT2D eigenvalue weighted by molar-refractivity contribution is 7.09. The number of nitrogens with zero attached hydrogens (tertiary/aromatic N) is 3. The molecule has 0 radical (unpaired) electrons. The summed E-state index contributed by atoms with van der Waals surface area (Å²) in [7, 11) is 0. The van der Waals surface area contributed by atoms with Gasteiger partial charge in [0.05, 0.1) is 25.3 Å². The predicted octanol–water partition coefficient (Wildman–Crippen LogP) is 4.91. The largest absolute Gasteiger partial charge is 0.416 e. The molecule has 1 saturated heterocycles. The van der Waals surface area contributed by atoms with Crippen LogP contribution in [0.15, 0.2) is 66.0 Å². The number of amides is 2. The minimum atomic E-state index is -4.52. The van der Waals surface area contributed by atoms with Crippen LogP contribution in [0.5, 0.6) is 0 Å². The van der Waals surface area contributed by atoms with Crippen LogP contribution in [0, 0.1) is 5.82 Å². The number of carbonyl (C=O) groups is 2. The van der Waals surface area contributed by atoms with Gasteiger partial charge in [-0.1, -0.05) is 18.2 Å². The summed E-state index contributed by atoms with van der Waals surface area (Å²) in [6, 6.07) is 13.7. The van der Waals surface area contributed by atoms with Gasteiger partial charge in [-0.15, -0.1) is 11.3 Å². The van der Waals surface area contributed by atoms with Crippen LogP contribution in [-0.2, 0) is 28.8 Å². The number of rotatable bonds is 10. The lowest BCUT2D eigenvalue weighted by molar-refractivity contribution is -0.137.